The van der Waals surface area contributed by atoms with E-state index in [1.54, 1.807) is 18.2 Å². The number of nitrogen functional groups attached to an aromatic ring is 1. The van der Waals surface area contributed by atoms with Crippen molar-refractivity contribution in [2.45, 2.75) is 53.5 Å². The number of rotatable bonds is 9. The zero-order valence-electron chi connectivity index (χ0n) is 16.1. The smallest absolute Gasteiger partial charge is 0.330 e. The van der Waals surface area contributed by atoms with Gasteiger partial charge in [0.2, 0.25) is 0 Å². The molecule has 0 radical (unpaired) electrons. The minimum absolute atomic E-state index is 0.0312. The molecule has 0 spiro atoms. The fourth-order valence-electron chi connectivity index (χ4n) is 2.43. The van der Waals surface area contributed by atoms with E-state index in [0.29, 0.717) is 25.4 Å². The fourth-order valence-corrected chi connectivity index (χ4v) is 2.43. The van der Waals surface area contributed by atoms with E-state index in [1.807, 2.05) is 27.7 Å². The van der Waals surface area contributed by atoms with Gasteiger partial charge in [-0.15, -0.1) is 0 Å². The van der Waals surface area contributed by atoms with Crippen LogP contribution in [0.1, 0.15) is 47.0 Å². The molecule has 1 amide bonds. The Bertz CT molecular complexity index is 772. The Labute approximate surface area is 154 Å². The first-order valence-electron chi connectivity index (χ1n) is 9.06. The molecule has 3 N–H and O–H groups in total. The van der Waals surface area contributed by atoms with Crippen LogP contribution in [0.2, 0.25) is 0 Å². The van der Waals surface area contributed by atoms with Crippen LogP contribution in [0.3, 0.4) is 0 Å². The van der Waals surface area contributed by atoms with Gasteiger partial charge in [0.15, 0.2) is 5.69 Å². The van der Waals surface area contributed by atoms with Crippen LogP contribution in [0, 0.1) is 5.92 Å². The van der Waals surface area contributed by atoms with E-state index < -0.39 is 11.2 Å². The maximum absolute atomic E-state index is 12.7. The van der Waals surface area contributed by atoms with Gasteiger partial charge in [-0.2, -0.15) is 0 Å². The molecule has 0 aliphatic heterocycles. The highest BCUT2D eigenvalue weighted by Gasteiger charge is 2.22. The van der Waals surface area contributed by atoms with Gasteiger partial charge in [0.1, 0.15) is 5.82 Å². The topological polar surface area (TPSA) is 101 Å². The first kappa shape index (κ1) is 21.5. The van der Waals surface area contributed by atoms with Gasteiger partial charge < -0.3 is 10.6 Å². The number of allylic oxidation sites excluding steroid dienone is 3. The van der Waals surface area contributed by atoms with Gasteiger partial charge in [0.25, 0.3) is 11.5 Å². The zero-order chi connectivity index (χ0) is 19.7. The number of hydrogen-bond acceptors (Lipinski definition) is 4. The highest BCUT2D eigenvalue weighted by molar-refractivity contribution is 6.03. The normalized spacial score (nSPS) is 11.7. The fraction of sp³-hybridized carbons (Fsp3) is 0.526. The Morgan fingerprint density at radius 1 is 1.31 bits per heavy atom. The SMILES string of the molecule is CC=CC=CC(=O)N(CCC(C)C)c1c(N)n(CCCC)c(=O)[nH]c1=O. The number of amides is 1. The summed E-state index contributed by atoms with van der Waals surface area (Å²) in [7, 11) is 0. The molecule has 0 aromatic carbocycles. The standard InChI is InChI=1S/C19H30N4O3/c1-5-7-9-10-15(24)22(13-11-14(3)4)16-17(20)23(12-8-6-2)19(26)21-18(16)25/h5,7,9-10,14H,6,8,11-13,20H2,1-4H3,(H,21,25,26). The molecule has 7 nitrogen and oxygen atoms in total. The molecule has 0 fully saturated rings. The Kier molecular flexibility index (Phi) is 8.61. The number of nitrogens with two attached hydrogens (primary N) is 1. The second-order valence-corrected chi connectivity index (χ2v) is 6.56. The first-order valence-corrected chi connectivity index (χ1v) is 9.06. The summed E-state index contributed by atoms with van der Waals surface area (Å²) in [4.78, 5) is 40.8. The number of aromatic amines is 1. The van der Waals surface area contributed by atoms with Crippen molar-refractivity contribution in [3.05, 3.63) is 45.1 Å². The van der Waals surface area contributed by atoms with E-state index in [4.69, 9.17) is 5.73 Å². The Hall–Kier alpha value is -2.57. The lowest BCUT2D eigenvalue weighted by Crippen LogP contribution is -2.41. The third-order valence-corrected chi connectivity index (χ3v) is 3.96. The summed E-state index contributed by atoms with van der Waals surface area (Å²) in [5, 5.41) is 0. The van der Waals surface area contributed by atoms with Gasteiger partial charge >= 0.3 is 5.69 Å². The Morgan fingerprint density at radius 2 is 2.00 bits per heavy atom. The number of hydrogen-bond donors (Lipinski definition) is 2. The molecule has 0 bridgehead atoms. The van der Waals surface area contributed by atoms with E-state index in [2.05, 4.69) is 4.98 Å². The predicted molar refractivity (Wildman–Crippen MR) is 106 cm³/mol. The number of aromatic nitrogens is 2. The summed E-state index contributed by atoms with van der Waals surface area (Å²) in [6, 6.07) is 0. The van der Waals surface area contributed by atoms with Gasteiger partial charge in [-0.1, -0.05) is 45.4 Å². The van der Waals surface area contributed by atoms with Crippen molar-refractivity contribution in [1.82, 2.24) is 9.55 Å². The van der Waals surface area contributed by atoms with Crippen LogP contribution in [0.25, 0.3) is 0 Å². The summed E-state index contributed by atoms with van der Waals surface area (Å²) >= 11 is 0. The first-order chi connectivity index (χ1) is 12.3. The van der Waals surface area contributed by atoms with Crippen LogP contribution in [0.15, 0.2) is 33.9 Å². The maximum Gasteiger partial charge on any atom is 0.330 e. The van der Waals surface area contributed by atoms with E-state index >= 15 is 0 Å². The monoisotopic (exact) mass is 362 g/mol. The lowest BCUT2D eigenvalue weighted by atomic mass is 10.1. The van der Waals surface area contributed by atoms with Crippen molar-refractivity contribution < 1.29 is 4.79 Å². The predicted octanol–water partition coefficient (Wildman–Crippen LogP) is 2.43. The van der Waals surface area contributed by atoms with Crippen molar-refractivity contribution in [2.24, 2.45) is 5.92 Å². The number of carbonyl (C=O) groups is 1. The molecule has 0 atom stereocenters. The average molecular weight is 362 g/mol. The lowest BCUT2D eigenvalue weighted by Gasteiger charge is -2.24. The maximum atomic E-state index is 12.7. The largest absolute Gasteiger partial charge is 0.383 e. The molecule has 0 aliphatic carbocycles. The summed E-state index contributed by atoms with van der Waals surface area (Å²) in [6.07, 6.45) is 8.86. The molecule has 1 heterocycles. The summed E-state index contributed by atoms with van der Waals surface area (Å²) in [5.41, 5.74) is 4.98. The van der Waals surface area contributed by atoms with E-state index in [0.717, 1.165) is 12.8 Å². The third-order valence-electron chi connectivity index (χ3n) is 3.96. The Morgan fingerprint density at radius 3 is 2.58 bits per heavy atom. The number of H-pyrrole nitrogens is 1. The van der Waals surface area contributed by atoms with Crippen molar-refractivity contribution >= 4 is 17.4 Å². The minimum Gasteiger partial charge on any atom is -0.383 e. The van der Waals surface area contributed by atoms with Crippen LogP contribution in [-0.4, -0.2) is 22.0 Å². The van der Waals surface area contributed by atoms with Crippen LogP contribution in [0.4, 0.5) is 11.5 Å². The van der Waals surface area contributed by atoms with Gasteiger partial charge in [0, 0.05) is 19.2 Å². The quantitative estimate of drug-likeness (QED) is 0.520. The molecular weight excluding hydrogens is 332 g/mol. The van der Waals surface area contributed by atoms with Crippen molar-refractivity contribution in [3.63, 3.8) is 0 Å². The number of nitrogens with one attached hydrogen (secondary N) is 1. The van der Waals surface area contributed by atoms with E-state index in [1.165, 1.54) is 15.5 Å². The molecule has 0 saturated heterocycles. The molecule has 0 saturated carbocycles. The zero-order valence-corrected chi connectivity index (χ0v) is 16.1. The number of unbranched alkanes of at least 4 members (excludes halogenated alkanes) is 1. The second-order valence-electron chi connectivity index (χ2n) is 6.56. The highest BCUT2D eigenvalue weighted by Crippen LogP contribution is 2.19. The van der Waals surface area contributed by atoms with Crippen LogP contribution < -0.4 is 21.9 Å². The van der Waals surface area contributed by atoms with Gasteiger partial charge in [-0.3, -0.25) is 19.1 Å². The number of anilines is 2. The third kappa shape index (κ3) is 5.75. The molecule has 144 valence electrons. The lowest BCUT2D eigenvalue weighted by molar-refractivity contribution is -0.114. The van der Waals surface area contributed by atoms with E-state index in [9.17, 15) is 14.4 Å². The molecule has 1 aromatic rings. The summed E-state index contributed by atoms with van der Waals surface area (Å²) in [6.45, 7) is 8.65. The van der Waals surface area contributed by atoms with Crippen molar-refractivity contribution in [1.29, 1.82) is 0 Å². The molecule has 26 heavy (non-hydrogen) atoms. The highest BCUT2D eigenvalue weighted by atomic mass is 16.2. The summed E-state index contributed by atoms with van der Waals surface area (Å²) in [5.74, 6) is 0.0292. The van der Waals surface area contributed by atoms with Gasteiger partial charge in [-0.05, 0) is 25.7 Å². The molecule has 0 unspecified atom stereocenters. The van der Waals surface area contributed by atoms with Crippen LogP contribution >= 0.6 is 0 Å². The second kappa shape index (κ2) is 10.4. The number of carbonyl (C=O) groups excluding carboxylic acids is 1. The Balaban J connectivity index is 3.41. The molecule has 7 heteroatoms. The molecule has 1 rings (SSSR count). The summed E-state index contributed by atoms with van der Waals surface area (Å²) < 4.78 is 1.32. The van der Waals surface area contributed by atoms with Crippen molar-refractivity contribution in [3.8, 4) is 0 Å². The average Bonchev–Trinajstić information content (AvgIpc) is 2.57. The van der Waals surface area contributed by atoms with Gasteiger partial charge in [-0.25, -0.2) is 4.79 Å². The van der Waals surface area contributed by atoms with Crippen LogP contribution in [-0.2, 0) is 11.3 Å². The van der Waals surface area contributed by atoms with Crippen LogP contribution in [0.5, 0.6) is 0 Å². The van der Waals surface area contributed by atoms with E-state index in [-0.39, 0.29) is 17.4 Å². The molecule has 0 aliphatic rings. The number of nitrogens with zero attached hydrogens (tertiary/aromatic N) is 2. The molecule has 1 aromatic heterocycles. The van der Waals surface area contributed by atoms with Gasteiger partial charge in [0.05, 0.1) is 0 Å². The minimum atomic E-state index is -0.642. The van der Waals surface area contributed by atoms with Crippen molar-refractivity contribution in [2.75, 3.05) is 17.2 Å². The molecular formula is C19H30N4O3.